The van der Waals surface area contributed by atoms with Gasteiger partial charge in [0.15, 0.2) is 0 Å². The second-order valence-electron chi connectivity index (χ2n) is 8.70. The van der Waals surface area contributed by atoms with Crippen LogP contribution >= 0.6 is 0 Å². The summed E-state index contributed by atoms with van der Waals surface area (Å²) < 4.78 is 58.9. The van der Waals surface area contributed by atoms with E-state index in [1.54, 1.807) is 6.08 Å². The molecule has 0 bridgehead atoms. The molecular weight excluding hydrogens is 572 g/mol. The van der Waals surface area contributed by atoms with E-state index >= 15 is 0 Å². The molecule has 0 saturated heterocycles. The number of ether oxygens (including phenoxy) is 11. The van der Waals surface area contributed by atoms with E-state index in [1.165, 1.54) is 0 Å². The first kappa shape index (κ1) is 41.3. The molecule has 0 aliphatic rings. The van der Waals surface area contributed by atoms with Gasteiger partial charge in [0.25, 0.3) is 0 Å². The van der Waals surface area contributed by atoms with Crippen molar-refractivity contribution in [3.8, 4) is 0 Å². The third-order valence-corrected chi connectivity index (χ3v) is 5.10. The molecule has 0 unspecified atom stereocenters. The van der Waals surface area contributed by atoms with Crippen molar-refractivity contribution in [2.75, 3.05) is 139 Å². The molecule has 0 aromatic rings. The molecule has 14 nitrogen and oxygen atoms in total. The Hall–Kier alpha value is -1.72. The van der Waals surface area contributed by atoms with Gasteiger partial charge < -0.3 is 57.2 Å². The fraction of sp³-hybridized carbons (Fsp3) is 0.862. The summed E-state index contributed by atoms with van der Waals surface area (Å²) in [5.74, 6) is -1.21. The van der Waals surface area contributed by atoms with E-state index < -0.39 is 5.97 Å². The van der Waals surface area contributed by atoms with Crippen LogP contribution in [0.3, 0.4) is 0 Å². The zero-order valence-corrected chi connectivity index (χ0v) is 25.7. The van der Waals surface area contributed by atoms with Crippen molar-refractivity contribution in [2.45, 2.75) is 25.7 Å². The normalized spacial score (nSPS) is 11.2. The lowest BCUT2D eigenvalue weighted by Crippen LogP contribution is -2.15. The molecule has 1 N–H and O–H groups in total. The molecular formula is C29H54O14. The molecule has 0 radical (unpaired) electrons. The molecule has 0 aromatic heterocycles. The summed E-state index contributed by atoms with van der Waals surface area (Å²) in [4.78, 5) is 21.9. The van der Waals surface area contributed by atoms with Crippen LogP contribution in [0, 0.1) is 0 Å². The van der Waals surface area contributed by atoms with Crippen LogP contribution < -0.4 is 0 Å². The summed E-state index contributed by atoms with van der Waals surface area (Å²) in [7, 11) is 0. The van der Waals surface area contributed by atoms with Crippen molar-refractivity contribution in [3.05, 3.63) is 12.7 Å². The Morgan fingerprint density at radius 1 is 0.442 bits per heavy atom. The summed E-state index contributed by atoms with van der Waals surface area (Å²) in [6.07, 6.45) is 2.94. The molecule has 0 atom stereocenters. The van der Waals surface area contributed by atoms with Crippen molar-refractivity contribution in [3.63, 3.8) is 0 Å². The average molecular weight is 627 g/mol. The predicted molar refractivity (Wildman–Crippen MR) is 155 cm³/mol. The number of hydrogen-bond donors (Lipinski definition) is 1. The topological polar surface area (TPSA) is 156 Å². The maximum atomic E-state index is 11.5. The predicted octanol–water partition coefficient (Wildman–Crippen LogP) is 1.53. The molecule has 254 valence electrons. The minimum Gasteiger partial charge on any atom is -0.481 e. The van der Waals surface area contributed by atoms with E-state index in [-0.39, 0.29) is 32.0 Å². The Morgan fingerprint density at radius 2 is 0.721 bits per heavy atom. The number of carbonyl (C=O) groups is 2. The first-order valence-corrected chi connectivity index (χ1v) is 14.9. The van der Waals surface area contributed by atoms with Crippen molar-refractivity contribution in [1.29, 1.82) is 0 Å². The highest BCUT2D eigenvalue weighted by molar-refractivity contribution is 5.69. The zero-order chi connectivity index (χ0) is 31.3. The SMILES string of the molecule is C=CCOCCOCCOCCOCCOCCOCCOCCOCCOCCOCCOC(=O)CCCCC(=O)O. The fourth-order valence-electron chi connectivity index (χ4n) is 2.98. The molecule has 0 rings (SSSR count). The Balaban J connectivity index is 3.09. The average Bonchev–Trinajstić information content (AvgIpc) is 2.99. The fourth-order valence-corrected chi connectivity index (χ4v) is 2.98. The number of aliphatic carboxylic acids is 1. The molecule has 0 amide bonds. The van der Waals surface area contributed by atoms with Gasteiger partial charge in [0.05, 0.1) is 132 Å². The number of carbonyl (C=O) groups excluding carboxylic acids is 1. The van der Waals surface area contributed by atoms with Gasteiger partial charge in [-0.2, -0.15) is 0 Å². The van der Waals surface area contributed by atoms with Gasteiger partial charge >= 0.3 is 11.9 Å². The summed E-state index contributed by atoms with van der Waals surface area (Å²) in [5.41, 5.74) is 0. The van der Waals surface area contributed by atoms with Crippen molar-refractivity contribution in [2.24, 2.45) is 0 Å². The number of carboxylic acids is 1. The first-order chi connectivity index (χ1) is 21.2. The van der Waals surface area contributed by atoms with Gasteiger partial charge in [-0.3, -0.25) is 9.59 Å². The number of rotatable bonds is 37. The van der Waals surface area contributed by atoms with Gasteiger partial charge in [-0.25, -0.2) is 0 Å². The standard InChI is InChI=1S/C29H54O14/c1-2-7-33-8-9-34-10-11-35-12-13-36-14-15-37-16-17-38-18-19-39-20-21-40-22-23-41-24-25-42-26-27-43-29(32)6-4-3-5-28(30)31/h2H,1,3-27H2,(H,30,31). The largest absolute Gasteiger partial charge is 0.481 e. The van der Waals surface area contributed by atoms with E-state index in [4.69, 9.17) is 57.2 Å². The lowest BCUT2D eigenvalue weighted by molar-refractivity contribution is -0.146. The molecule has 0 heterocycles. The molecule has 0 aromatic carbocycles. The maximum Gasteiger partial charge on any atom is 0.305 e. The van der Waals surface area contributed by atoms with Crippen LogP contribution in [0.2, 0.25) is 0 Å². The van der Waals surface area contributed by atoms with Crippen LogP contribution in [0.15, 0.2) is 12.7 Å². The summed E-state index contributed by atoms with van der Waals surface area (Å²) in [5, 5.41) is 8.54. The number of hydrogen-bond acceptors (Lipinski definition) is 13. The second kappa shape index (κ2) is 36.5. The van der Waals surface area contributed by atoms with E-state index in [0.29, 0.717) is 138 Å². The summed E-state index contributed by atoms with van der Waals surface area (Å²) in [6.45, 7) is 13.3. The lowest BCUT2D eigenvalue weighted by atomic mass is 10.2. The van der Waals surface area contributed by atoms with Gasteiger partial charge in [-0.1, -0.05) is 6.08 Å². The third-order valence-electron chi connectivity index (χ3n) is 5.10. The Labute approximate surface area is 256 Å². The highest BCUT2D eigenvalue weighted by Gasteiger charge is 2.04. The first-order valence-electron chi connectivity index (χ1n) is 14.9. The lowest BCUT2D eigenvalue weighted by Gasteiger charge is -2.09. The quantitative estimate of drug-likeness (QED) is 0.0602. The Bertz CT molecular complexity index is 608. The van der Waals surface area contributed by atoms with Crippen LogP contribution in [-0.4, -0.2) is 156 Å². The highest BCUT2D eigenvalue weighted by atomic mass is 16.6. The number of esters is 1. The zero-order valence-electron chi connectivity index (χ0n) is 25.7. The number of unbranched alkanes of at least 4 members (excludes halogenated alkanes) is 1. The van der Waals surface area contributed by atoms with Gasteiger partial charge in [0, 0.05) is 12.8 Å². The molecule has 0 aliphatic carbocycles. The van der Waals surface area contributed by atoms with Crippen LogP contribution in [0.1, 0.15) is 25.7 Å². The van der Waals surface area contributed by atoms with Gasteiger partial charge in [0.1, 0.15) is 6.61 Å². The van der Waals surface area contributed by atoms with Crippen molar-refractivity contribution < 1.29 is 66.8 Å². The van der Waals surface area contributed by atoms with Gasteiger partial charge in [-0.05, 0) is 12.8 Å². The van der Waals surface area contributed by atoms with E-state index in [9.17, 15) is 9.59 Å². The molecule has 14 heteroatoms. The maximum absolute atomic E-state index is 11.5. The number of carboxylic acid groups (broad SMARTS) is 1. The second-order valence-corrected chi connectivity index (χ2v) is 8.70. The van der Waals surface area contributed by atoms with Crippen LogP contribution in [0.4, 0.5) is 0 Å². The molecule has 0 aliphatic heterocycles. The van der Waals surface area contributed by atoms with Gasteiger partial charge in [0.2, 0.25) is 0 Å². The third kappa shape index (κ3) is 38.3. The summed E-state index contributed by atoms with van der Waals surface area (Å²) >= 11 is 0. The van der Waals surface area contributed by atoms with E-state index in [1.807, 2.05) is 0 Å². The molecule has 0 fully saturated rings. The Kier molecular flexibility index (Phi) is 35.0. The van der Waals surface area contributed by atoms with Gasteiger partial charge in [-0.15, -0.1) is 6.58 Å². The monoisotopic (exact) mass is 626 g/mol. The Morgan fingerprint density at radius 3 is 1.02 bits per heavy atom. The van der Waals surface area contributed by atoms with Crippen molar-refractivity contribution >= 4 is 11.9 Å². The smallest absolute Gasteiger partial charge is 0.305 e. The molecule has 43 heavy (non-hydrogen) atoms. The molecule has 0 spiro atoms. The molecule has 0 saturated carbocycles. The summed E-state index contributed by atoms with van der Waals surface area (Å²) in [6, 6.07) is 0. The highest BCUT2D eigenvalue weighted by Crippen LogP contribution is 2.01. The van der Waals surface area contributed by atoms with E-state index in [0.717, 1.165) is 0 Å². The van der Waals surface area contributed by atoms with Crippen molar-refractivity contribution in [1.82, 2.24) is 0 Å². The van der Waals surface area contributed by atoms with Crippen LogP contribution in [0.25, 0.3) is 0 Å². The van der Waals surface area contributed by atoms with Crippen LogP contribution in [0.5, 0.6) is 0 Å². The minimum absolute atomic E-state index is 0.0609. The minimum atomic E-state index is -0.863. The van der Waals surface area contributed by atoms with Crippen LogP contribution in [-0.2, 0) is 61.7 Å². The van der Waals surface area contributed by atoms with E-state index in [2.05, 4.69) is 6.58 Å².